The maximum Gasteiger partial charge on any atom is 0.338 e. The molecule has 0 bridgehead atoms. The smallest absolute Gasteiger partial charge is 0.338 e. The Labute approximate surface area is 130 Å². The lowest BCUT2D eigenvalue weighted by Crippen LogP contribution is -2.46. The van der Waals surface area contributed by atoms with Gasteiger partial charge in [0.1, 0.15) is 31.0 Å². The predicted molar refractivity (Wildman–Crippen MR) is 71.8 cm³/mol. The first-order valence-electron chi connectivity index (χ1n) is 6.71. The van der Waals surface area contributed by atoms with Gasteiger partial charge in [0.2, 0.25) is 0 Å². The molecule has 0 spiro atoms. The fourth-order valence-corrected chi connectivity index (χ4v) is 1.51. The molecule has 1 aromatic rings. The molecule has 10 nitrogen and oxygen atoms in total. The highest BCUT2D eigenvalue weighted by molar-refractivity contribution is 5.91. The molecule has 0 aromatic heterocycles. The first kappa shape index (κ1) is 17.0. The molecule has 0 unspecified atom stereocenters. The molecule has 1 aromatic carbocycles. The van der Waals surface area contributed by atoms with Gasteiger partial charge in [-0.1, -0.05) is 0 Å². The van der Waals surface area contributed by atoms with Crippen LogP contribution in [0.1, 0.15) is 11.7 Å². The summed E-state index contributed by atoms with van der Waals surface area (Å²) in [6.07, 6.45) is -7.95. The number of benzene rings is 1. The number of aldehydes is 1. The molecular formula is C13H16O10. The molecule has 128 valence electrons. The van der Waals surface area contributed by atoms with Crippen LogP contribution in [0.25, 0.3) is 0 Å². The highest BCUT2D eigenvalue weighted by Crippen LogP contribution is 2.35. The van der Waals surface area contributed by atoms with Crippen LogP contribution >= 0.6 is 0 Å². The van der Waals surface area contributed by atoms with Gasteiger partial charge < -0.3 is 45.3 Å². The number of aromatic hydroxyl groups is 3. The summed E-state index contributed by atoms with van der Waals surface area (Å²) in [6, 6.07) is -0.199. The van der Waals surface area contributed by atoms with Crippen LogP contribution in [-0.2, 0) is 9.53 Å². The van der Waals surface area contributed by atoms with Crippen molar-refractivity contribution in [3.8, 4) is 17.2 Å². The van der Waals surface area contributed by atoms with E-state index < -0.39 is 65.8 Å². The number of phenolic OH excluding ortho intramolecular Hbond substituents is 3. The molecule has 0 aliphatic heterocycles. The summed E-state index contributed by atoms with van der Waals surface area (Å²) in [5, 5.41) is 65.2. The molecule has 0 fully saturated rings. The van der Waals surface area contributed by atoms with Crippen LogP contribution in [0.5, 0.6) is 17.2 Å². The maximum absolute atomic E-state index is 11.8. The highest BCUT2D eigenvalue weighted by atomic mass is 16.5. The van der Waals surface area contributed by atoms with Crippen molar-refractivity contribution in [3.63, 3.8) is 0 Å². The van der Waals surface area contributed by atoms with Crippen molar-refractivity contribution < 1.29 is 51.4 Å². The zero-order valence-corrected chi connectivity index (χ0v) is 11.5. The molecule has 23 heavy (non-hydrogen) atoms. The van der Waals surface area contributed by atoms with Crippen LogP contribution in [0, 0.1) is 0 Å². The third-order valence-electron chi connectivity index (χ3n) is 2.84. The molecule has 4 atom stereocenters. The van der Waals surface area contributed by atoms with E-state index in [1.807, 2.05) is 0 Å². The minimum Gasteiger partial charge on any atom is -0.504 e. The van der Waals surface area contributed by atoms with Crippen LogP contribution in [0.3, 0.4) is 0 Å². The van der Waals surface area contributed by atoms with Crippen molar-refractivity contribution in [2.45, 2.75) is 24.4 Å². The number of carbonyl (C=O) groups is 2. The second-order valence-corrected chi connectivity index (χ2v) is 4.54. The number of aliphatic hydroxyl groups excluding tert-OH is 4. The minimum absolute atomic E-state index is 0.0685. The van der Waals surface area contributed by atoms with Crippen molar-refractivity contribution in [3.05, 3.63) is 17.7 Å². The highest BCUT2D eigenvalue weighted by Gasteiger charge is 2.31. The number of esters is 1. The second kappa shape index (κ2) is 7.74. The molecule has 0 saturated heterocycles. The van der Waals surface area contributed by atoms with Crippen molar-refractivity contribution in [1.82, 2.24) is 0 Å². The van der Waals surface area contributed by atoms with E-state index in [0.717, 1.165) is 0 Å². The van der Waals surface area contributed by atoms with Gasteiger partial charge >= 0.3 is 5.97 Å². The zero-order valence-electron chi connectivity index (χ0n) is 12.5. The minimum atomic E-state index is -2.02. The summed E-state index contributed by atoms with van der Waals surface area (Å²) in [7, 11) is 0. The van der Waals surface area contributed by atoms with Crippen LogP contribution in [0.4, 0.5) is 0 Å². The summed E-state index contributed by atoms with van der Waals surface area (Å²) >= 11 is 0. The van der Waals surface area contributed by atoms with Gasteiger partial charge in [0, 0.05) is 0 Å². The third kappa shape index (κ3) is 4.53. The van der Waals surface area contributed by atoms with Gasteiger partial charge in [-0.2, -0.15) is 0 Å². The molecule has 0 aliphatic rings. The lowest BCUT2D eigenvalue weighted by Gasteiger charge is -2.23. The number of hydrogen-bond acceptors (Lipinski definition) is 10. The topological polar surface area (TPSA) is 185 Å². The molecule has 10 heteroatoms. The van der Waals surface area contributed by atoms with E-state index in [1.54, 1.807) is 0 Å². The molecule has 0 aliphatic carbocycles. The SMILES string of the molecule is [2H]c1c(C(=O)OC[C@@H](O)[C@@H](O)[C@H](O)[C@@H](O)C=O)cc(O)c(O)c1O. The summed E-state index contributed by atoms with van der Waals surface area (Å²) in [5.74, 6) is -4.24. The molecule has 0 saturated carbocycles. The van der Waals surface area contributed by atoms with Gasteiger partial charge in [0.05, 0.1) is 6.93 Å². The number of ether oxygens (including phenoxy) is 1. The molecule has 0 amide bonds. The number of carbonyl (C=O) groups excluding carboxylic acids is 2. The van der Waals surface area contributed by atoms with Crippen molar-refractivity contribution in [2.75, 3.05) is 6.61 Å². The van der Waals surface area contributed by atoms with Gasteiger partial charge in [0.15, 0.2) is 23.5 Å². The van der Waals surface area contributed by atoms with Crippen molar-refractivity contribution in [1.29, 1.82) is 0 Å². The summed E-state index contributed by atoms with van der Waals surface area (Å²) in [6.45, 7) is -0.898. The molecule has 1 rings (SSSR count). The van der Waals surface area contributed by atoms with Crippen LogP contribution < -0.4 is 0 Å². The van der Waals surface area contributed by atoms with E-state index >= 15 is 0 Å². The summed E-state index contributed by atoms with van der Waals surface area (Å²) in [4.78, 5) is 22.0. The fourth-order valence-electron chi connectivity index (χ4n) is 1.51. The Bertz CT molecular complexity index is 619. The van der Waals surface area contributed by atoms with Crippen LogP contribution in [0.2, 0.25) is 0 Å². The van der Waals surface area contributed by atoms with E-state index in [0.29, 0.717) is 6.07 Å². The summed E-state index contributed by atoms with van der Waals surface area (Å²) < 4.78 is 12.0. The number of aliphatic hydroxyl groups is 4. The zero-order chi connectivity index (χ0) is 18.6. The first-order chi connectivity index (χ1) is 11.1. The Kier molecular flexibility index (Phi) is 5.71. The van der Waals surface area contributed by atoms with E-state index in [2.05, 4.69) is 4.74 Å². The maximum atomic E-state index is 11.8. The normalized spacial score (nSPS) is 16.8. The second-order valence-electron chi connectivity index (χ2n) is 4.54. The Morgan fingerprint density at radius 2 is 1.78 bits per heavy atom. The largest absolute Gasteiger partial charge is 0.504 e. The standard InChI is InChI=1S/C13H16O10/c14-3-8(17)11(20)12(21)9(18)4-23-13(22)5-1-6(15)10(19)7(16)2-5/h1-3,8-9,11-12,15-21H,4H2/t8-,9+,11+,12+/m0/s1/i1D. The van der Waals surface area contributed by atoms with Gasteiger partial charge in [-0.15, -0.1) is 0 Å². The van der Waals surface area contributed by atoms with Gasteiger partial charge in [-0.25, -0.2) is 4.79 Å². The average molecular weight is 333 g/mol. The van der Waals surface area contributed by atoms with Gasteiger partial charge in [-0.3, -0.25) is 0 Å². The molecule has 0 radical (unpaired) electrons. The monoisotopic (exact) mass is 333 g/mol. The number of phenols is 3. The van der Waals surface area contributed by atoms with Gasteiger partial charge in [0.25, 0.3) is 0 Å². The third-order valence-corrected chi connectivity index (χ3v) is 2.84. The Morgan fingerprint density at radius 1 is 1.17 bits per heavy atom. The van der Waals surface area contributed by atoms with Gasteiger partial charge in [-0.05, 0) is 12.1 Å². The number of rotatable bonds is 7. The Morgan fingerprint density at radius 3 is 2.35 bits per heavy atom. The van der Waals surface area contributed by atoms with Crippen molar-refractivity contribution in [2.24, 2.45) is 0 Å². The lowest BCUT2D eigenvalue weighted by atomic mass is 10.0. The molecule has 7 N–H and O–H groups in total. The van der Waals surface area contributed by atoms with E-state index in [4.69, 9.17) is 6.48 Å². The predicted octanol–water partition coefficient (Wildman–Crippen LogP) is -2.40. The average Bonchev–Trinajstić information content (AvgIpc) is 2.58. The Balaban J connectivity index is 2.78. The fraction of sp³-hybridized carbons (Fsp3) is 0.385. The van der Waals surface area contributed by atoms with Crippen LogP contribution in [0.15, 0.2) is 12.1 Å². The number of hydrogen-bond donors (Lipinski definition) is 7. The van der Waals surface area contributed by atoms with E-state index in [1.165, 1.54) is 0 Å². The van der Waals surface area contributed by atoms with Crippen LogP contribution in [-0.4, -0.2) is 79.0 Å². The molecular weight excluding hydrogens is 316 g/mol. The quantitative estimate of drug-likeness (QED) is 0.161. The van der Waals surface area contributed by atoms with Crippen molar-refractivity contribution >= 4 is 12.3 Å². The summed E-state index contributed by atoms with van der Waals surface area (Å²) in [5.41, 5.74) is -0.641. The lowest BCUT2D eigenvalue weighted by molar-refractivity contribution is -0.136. The Hall–Kier alpha value is -2.40. The first-order valence-corrected chi connectivity index (χ1v) is 6.21. The van der Waals surface area contributed by atoms with E-state index in [-0.39, 0.29) is 6.29 Å². The van der Waals surface area contributed by atoms with E-state index in [9.17, 15) is 40.2 Å². The molecule has 0 heterocycles.